The summed E-state index contributed by atoms with van der Waals surface area (Å²) in [5, 5.41) is 2.95. The van der Waals surface area contributed by atoms with E-state index in [9.17, 15) is 17.6 Å². The molecule has 1 saturated carbocycles. The highest BCUT2D eigenvalue weighted by Gasteiger charge is 2.23. The molecule has 1 aromatic carbocycles. The first-order valence-electron chi connectivity index (χ1n) is 11.4. The standard InChI is InChI=1S/C21H33FN2O5S/c1-3-28-21(25)14-23-11-5-4-6-12-30(26,27)24-16(2)18-9-10-19(22)20(13-18)29-15-17-7-8-17/h9-10,13,16-17,23-24H,3-8,11-12,14-15H2,1-2H3/t16-/m1/s1/i15D2. The van der Waals surface area contributed by atoms with Gasteiger partial charge in [0.25, 0.3) is 0 Å². The summed E-state index contributed by atoms with van der Waals surface area (Å²) in [4.78, 5) is 11.2. The van der Waals surface area contributed by atoms with E-state index >= 15 is 0 Å². The summed E-state index contributed by atoms with van der Waals surface area (Å²) < 4.78 is 67.3. The van der Waals surface area contributed by atoms with Gasteiger partial charge >= 0.3 is 5.97 Å². The van der Waals surface area contributed by atoms with E-state index in [1.165, 1.54) is 12.1 Å². The molecule has 0 radical (unpaired) electrons. The third kappa shape index (κ3) is 9.40. The third-order valence-electron chi connectivity index (χ3n) is 4.57. The average Bonchev–Trinajstić information content (AvgIpc) is 3.54. The highest BCUT2D eigenvalue weighted by Crippen LogP contribution is 2.31. The third-order valence-corrected chi connectivity index (χ3v) is 6.10. The zero-order valence-corrected chi connectivity index (χ0v) is 18.4. The Morgan fingerprint density at radius 3 is 2.80 bits per heavy atom. The first-order chi connectivity index (χ1) is 15.0. The van der Waals surface area contributed by atoms with Crippen LogP contribution in [-0.2, 0) is 19.6 Å². The molecule has 2 rings (SSSR count). The Bertz CT molecular complexity index is 866. The maximum Gasteiger partial charge on any atom is 0.319 e. The van der Waals surface area contributed by atoms with E-state index in [0.29, 0.717) is 44.4 Å². The molecule has 1 fully saturated rings. The molecule has 7 nitrogen and oxygen atoms in total. The molecular formula is C21H33FN2O5S. The van der Waals surface area contributed by atoms with E-state index in [1.807, 2.05) is 0 Å². The van der Waals surface area contributed by atoms with Crippen molar-refractivity contribution < 1.29 is 29.8 Å². The summed E-state index contributed by atoms with van der Waals surface area (Å²) in [7, 11) is -3.56. The van der Waals surface area contributed by atoms with E-state index < -0.39 is 28.4 Å². The Morgan fingerprint density at radius 2 is 2.10 bits per heavy atom. The highest BCUT2D eigenvalue weighted by molar-refractivity contribution is 7.89. The van der Waals surface area contributed by atoms with Crippen LogP contribution in [0.25, 0.3) is 0 Å². The van der Waals surface area contributed by atoms with Crippen molar-refractivity contribution in [2.24, 2.45) is 5.92 Å². The van der Waals surface area contributed by atoms with Crippen LogP contribution in [-0.4, -0.2) is 46.4 Å². The van der Waals surface area contributed by atoms with Gasteiger partial charge in [-0.3, -0.25) is 4.79 Å². The summed E-state index contributed by atoms with van der Waals surface area (Å²) in [5.74, 6) is -1.52. The van der Waals surface area contributed by atoms with Gasteiger partial charge in [0.05, 0.1) is 28.2 Å². The highest BCUT2D eigenvalue weighted by atomic mass is 32.2. The number of benzene rings is 1. The lowest BCUT2D eigenvalue weighted by Gasteiger charge is -2.16. The van der Waals surface area contributed by atoms with Crippen LogP contribution in [0.15, 0.2) is 18.2 Å². The number of ether oxygens (including phenoxy) is 2. The number of hydrogen-bond acceptors (Lipinski definition) is 6. The quantitative estimate of drug-likeness (QED) is 0.318. The van der Waals surface area contributed by atoms with Gasteiger partial charge in [0.2, 0.25) is 10.0 Å². The molecule has 0 spiro atoms. The predicted octanol–water partition coefficient (Wildman–Crippen LogP) is 2.92. The van der Waals surface area contributed by atoms with Gasteiger partial charge < -0.3 is 14.8 Å². The Kier molecular flexibility index (Phi) is 8.76. The molecule has 1 aliphatic carbocycles. The van der Waals surface area contributed by atoms with Crippen molar-refractivity contribution in [2.45, 2.75) is 52.0 Å². The number of sulfonamides is 1. The molecule has 0 bridgehead atoms. The fourth-order valence-electron chi connectivity index (χ4n) is 2.73. The molecule has 1 aromatic rings. The smallest absolute Gasteiger partial charge is 0.319 e. The number of carbonyl (C=O) groups excluding carboxylic acids is 1. The van der Waals surface area contributed by atoms with E-state index in [0.717, 1.165) is 12.5 Å². The minimum atomic E-state index is -3.56. The zero-order valence-electron chi connectivity index (χ0n) is 19.6. The summed E-state index contributed by atoms with van der Waals surface area (Å²) in [5.41, 5.74) is 0.486. The van der Waals surface area contributed by atoms with Crippen molar-refractivity contribution in [3.63, 3.8) is 0 Å². The van der Waals surface area contributed by atoms with E-state index in [-0.39, 0.29) is 29.9 Å². The van der Waals surface area contributed by atoms with Crippen LogP contribution in [0.2, 0.25) is 0 Å². The van der Waals surface area contributed by atoms with Crippen LogP contribution in [0.5, 0.6) is 5.75 Å². The Hall–Kier alpha value is -1.71. The molecule has 170 valence electrons. The number of rotatable bonds is 15. The van der Waals surface area contributed by atoms with Crippen LogP contribution in [0, 0.1) is 11.7 Å². The van der Waals surface area contributed by atoms with Crippen molar-refractivity contribution in [2.75, 3.05) is 32.0 Å². The molecule has 30 heavy (non-hydrogen) atoms. The SMILES string of the molecule is [2H]C([2H])(Oc1cc([C@@H](C)NS(=O)(=O)CCCCCNCC(=O)OCC)ccc1F)C1CC1. The van der Waals surface area contributed by atoms with Crippen molar-refractivity contribution in [3.8, 4) is 5.75 Å². The van der Waals surface area contributed by atoms with Crippen LogP contribution < -0.4 is 14.8 Å². The summed E-state index contributed by atoms with van der Waals surface area (Å²) in [6.07, 6.45) is 3.27. The normalized spacial score (nSPS) is 16.5. The van der Waals surface area contributed by atoms with Gasteiger partial charge in [0, 0.05) is 6.04 Å². The van der Waals surface area contributed by atoms with Gasteiger partial charge in [-0.05, 0) is 69.7 Å². The minimum Gasteiger partial charge on any atom is -0.490 e. The fraction of sp³-hybridized carbons (Fsp3) is 0.667. The Morgan fingerprint density at radius 1 is 1.33 bits per heavy atom. The molecule has 0 aromatic heterocycles. The molecular weight excluding hydrogens is 411 g/mol. The minimum absolute atomic E-state index is 0.0516. The van der Waals surface area contributed by atoms with Crippen LogP contribution in [0.1, 0.15) is 60.3 Å². The van der Waals surface area contributed by atoms with Gasteiger partial charge in [-0.25, -0.2) is 17.5 Å². The van der Waals surface area contributed by atoms with Gasteiger partial charge in [0.15, 0.2) is 11.6 Å². The van der Waals surface area contributed by atoms with E-state index in [2.05, 4.69) is 10.0 Å². The lowest BCUT2D eigenvalue weighted by Crippen LogP contribution is -2.29. The van der Waals surface area contributed by atoms with Gasteiger partial charge in [0.1, 0.15) is 0 Å². The molecule has 0 saturated heterocycles. The second-order valence-electron chi connectivity index (χ2n) is 7.38. The van der Waals surface area contributed by atoms with Gasteiger partial charge in [-0.1, -0.05) is 12.5 Å². The monoisotopic (exact) mass is 446 g/mol. The lowest BCUT2D eigenvalue weighted by molar-refractivity contribution is -0.141. The lowest BCUT2D eigenvalue weighted by atomic mass is 10.1. The second kappa shape index (κ2) is 12.2. The second-order valence-corrected chi connectivity index (χ2v) is 9.26. The number of hydrogen-bond donors (Lipinski definition) is 2. The van der Waals surface area contributed by atoms with Crippen LogP contribution in [0.4, 0.5) is 4.39 Å². The zero-order chi connectivity index (χ0) is 23.8. The largest absolute Gasteiger partial charge is 0.490 e. The molecule has 0 aliphatic heterocycles. The van der Waals surface area contributed by atoms with E-state index in [4.69, 9.17) is 12.2 Å². The molecule has 0 heterocycles. The molecule has 0 amide bonds. The van der Waals surface area contributed by atoms with Gasteiger partial charge in [-0.2, -0.15) is 0 Å². The average molecular weight is 447 g/mol. The number of halogens is 1. The van der Waals surface area contributed by atoms with Crippen LogP contribution in [0.3, 0.4) is 0 Å². The molecule has 1 aliphatic rings. The maximum atomic E-state index is 14.1. The maximum absolute atomic E-state index is 14.1. The van der Waals surface area contributed by atoms with Crippen molar-refractivity contribution in [3.05, 3.63) is 29.6 Å². The topological polar surface area (TPSA) is 93.7 Å². The predicted molar refractivity (Wildman–Crippen MR) is 113 cm³/mol. The number of unbranched alkanes of at least 4 members (excludes halogenated alkanes) is 2. The summed E-state index contributed by atoms with van der Waals surface area (Å²) >= 11 is 0. The first kappa shape index (κ1) is 21.5. The number of carbonyl (C=O) groups is 1. The number of esters is 1. The Labute approximate surface area is 181 Å². The molecule has 2 N–H and O–H groups in total. The summed E-state index contributed by atoms with van der Waals surface area (Å²) in [6.45, 7) is 2.50. The van der Waals surface area contributed by atoms with Crippen LogP contribution >= 0.6 is 0 Å². The van der Waals surface area contributed by atoms with E-state index in [1.54, 1.807) is 13.8 Å². The fourth-order valence-corrected chi connectivity index (χ4v) is 4.11. The molecule has 0 unspecified atom stereocenters. The van der Waals surface area contributed by atoms with Crippen molar-refractivity contribution >= 4 is 16.0 Å². The molecule has 9 heteroatoms. The van der Waals surface area contributed by atoms with Crippen molar-refractivity contribution in [1.29, 1.82) is 0 Å². The summed E-state index contributed by atoms with van der Waals surface area (Å²) in [6, 6.07) is 3.33. The van der Waals surface area contributed by atoms with Gasteiger partial charge in [-0.15, -0.1) is 0 Å². The number of nitrogens with one attached hydrogen (secondary N) is 2. The first-order valence-corrected chi connectivity index (χ1v) is 12.0. The van der Waals surface area contributed by atoms with Crippen molar-refractivity contribution in [1.82, 2.24) is 10.0 Å². The molecule has 1 atom stereocenters. The Balaban J connectivity index is 1.77.